The topological polar surface area (TPSA) is 82.0 Å². The molecule has 4 rings (SSSR count). The van der Waals surface area contributed by atoms with E-state index < -0.39 is 0 Å². The molecule has 0 radical (unpaired) electrons. The fourth-order valence-electron chi connectivity index (χ4n) is 4.30. The summed E-state index contributed by atoms with van der Waals surface area (Å²) in [5, 5.41) is 0. The lowest BCUT2D eigenvalue weighted by molar-refractivity contribution is -0.123. The number of aryl methyl sites for hydroxylation is 2. The van der Waals surface area contributed by atoms with Crippen molar-refractivity contribution in [1.29, 1.82) is 0 Å². The molecule has 0 atom stereocenters. The summed E-state index contributed by atoms with van der Waals surface area (Å²) in [7, 11) is 0. The first-order chi connectivity index (χ1) is 14.7. The number of aromatic nitrogens is 4. The molecule has 3 aromatic rings. The third kappa shape index (κ3) is 4.31. The normalized spacial score (nSPS) is 15.5. The van der Waals surface area contributed by atoms with E-state index in [1.807, 2.05) is 37.1 Å². The first kappa shape index (κ1) is 20.3. The zero-order chi connectivity index (χ0) is 20.9. The summed E-state index contributed by atoms with van der Waals surface area (Å²) in [5.41, 5.74) is 9.77. The molecule has 3 heterocycles. The van der Waals surface area contributed by atoms with Crippen LogP contribution >= 0.6 is 0 Å². The van der Waals surface area contributed by atoms with Crippen molar-refractivity contribution < 1.29 is 4.79 Å². The van der Waals surface area contributed by atoms with Gasteiger partial charge < -0.3 is 19.8 Å². The average molecular weight is 407 g/mol. The van der Waals surface area contributed by atoms with Crippen LogP contribution in [-0.2, 0) is 17.9 Å². The lowest BCUT2D eigenvalue weighted by Gasteiger charge is -2.30. The molecule has 0 bridgehead atoms. The number of carbonyl (C=O) groups is 1. The number of carbonyl (C=O) groups excluding carboxylic acids is 1. The van der Waals surface area contributed by atoms with Gasteiger partial charge in [-0.3, -0.25) is 4.79 Å². The lowest BCUT2D eigenvalue weighted by Crippen LogP contribution is -2.39. The van der Waals surface area contributed by atoms with Crippen molar-refractivity contribution in [1.82, 2.24) is 24.0 Å². The SMILES string of the molecule is CCn1cncc1-c1c(-c2ccccc2)ncn1CCCN1CCC(C(N)=O)CC1. The molecule has 2 aromatic heterocycles. The van der Waals surface area contributed by atoms with Crippen LogP contribution in [-0.4, -0.2) is 49.5 Å². The highest BCUT2D eigenvalue weighted by molar-refractivity contribution is 5.77. The zero-order valence-electron chi connectivity index (χ0n) is 17.6. The lowest BCUT2D eigenvalue weighted by atomic mass is 9.96. The minimum atomic E-state index is -0.154. The summed E-state index contributed by atoms with van der Waals surface area (Å²) in [6, 6.07) is 10.3. The van der Waals surface area contributed by atoms with Gasteiger partial charge in [-0.2, -0.15) is 0 Å². The van der Waals surface area contributed by atoms with Crippen molar-refractivity contribution in [3.8, 4) is 22.6 Å². The summed E-state index contributed by atoms with van der Waals surface area (Å²) in [6.07, 6.45) is 8.53. The van der Waals surface area contributed by atoms with Crippen LogP contribution in [0.3, 0.4) is 0 Å². The third-order valence-electron chi connectivity index (χ3n) is 6.04. The van der Waals surface area contributed by atoms with E-state index >= 15 is 0 Å². The maximum Gasteiger partial charge on any atom is 0.220 e. The molecule has 1 fully saturated rings. The second-order valence-electron chi connectivity index (χ2n) is 7.94. The van der Waals surface area contributed by atoms with Crippen molar-refractivity contribution in [2.24, 2.45) is 11.7 Å². The molecule has 0 aliphatic carbocycles. The quantitative estimate of drug-likeness (QED) is 0.623. The van der Waals surface area contributed by atoms with Gasteiger partial charge in [0.05, 0.1) is 35.9 Å². The van der Waals surface area contributed by atoms with Crippen molar-refractivity contribution in [3.63, 3.8) is 0 Å². The Morgan fingerprint density at radius 1 is 1.10 bits per heavy atom. The molecule has 0 spiro atoms. The number of amides is 1. The Bertz CT molecular complexity index is 969. The monoisotopic (exact) mass is 406 g/mol. The van der Waals surface area contributed by atoms with Gasteiger partial charge in [-0.05, 0) is 45.8 Å². The molecule has 1 aliphatic rings. The van der Waals surface area contributed by atoms with Crippen molar-refractivity contribution in [2.75, 3.05) is 19.6 Å². The van der Waals surface area contributed by atoms with Gasteiger partial charge in [-0.15, -0.1) is 0 Å². The van der Waals surface area contributed by atoms with Gasteiger partial charge in [0.2, 0.25) is 5.91 Å². The summed E-state index contributed by atoms with van der Waals surface area (Å²) >= 11 is 0. The first-order valence-corrected chi connectivity index (χ1v) is 10.8. The maximum atomic E-state index is 11.4. The standard InChI is InChI=1S/C23H30N6O/c1-2-28-16-25-15-20(28)22-21(18-7-4-3-5-8-18)26-17-29(22)12-6-11-27-13-9-19(10-14-27)23(24)30/h3-5,7-8,15-17,19H,2,6,9-14H2,1H3,(H2,24,30). The Morgan fingerprint density at radius 3 is 2.57 bits per heavy atom. The minimum absolute atomic E-state index is 0.0456. The zero-order valence-corrected chi connectivity index (χ0v) is 17.6. The predicted octanol–water partition coefficient (Wildman–Crippen LogP) is 3.02. The molecular weight excluding hydrogens is 376 g/mol. The number of piperidine rings is 1. The molecule has 1 saturated heterocycles. The van der Waals surface area contributed by atoms with Crippen LogP contribution in [0.4, 0.5) is 0 Å². The van der Waals surface area contributed by atoms with E-state index in [4.69, 9.17) is 10.7 Å². The molecule has 0 saturated carbocycles. The number of imidazole rings is 2. The molecule has 7 nitrogen and oxygen atoms in total. The van der Waals surface area contributed by atoms with Gasteiger partial charge >= 0.3 is 0 Å². The van der Waals surface area contributed by atoms with E-state index in [0.717, 1.165) is 74.6 Å². The highest BCUT2D eigenvalue weighted by Crippen LogP contribution is 2.31. The average Bonchev–Trinajstić information content (AvgIpc) is 3.41. The number of hydrogen-bond acceptors (Lipinski definition) is 4. The van der Waals surface area contributed by atoms with Gasteiger partial charge in [-0.25, -0.2) is 9.97 Å². The molecule has 0 unspecified atom stereocenters. The molecule has 1 aliphatic heterocycles. The van der Waals surface area contributed by atoms with Gasteiger partial charge in [0.25, 0.3) is 0 Å². The maximum absolute atomic E-state index is 11.4. The number of primary amides is 1. The first-order valence-electron chi connectivity index (χ1n) is 10.8. The van der Waals surface area contributed by atoms with Gasteiger partial charge in [-0.1, -0.05) is 30.3 Å². The largest absolute Gasteiger partial charge is 0.369 e. The minimum Gasteiger partial charge on any atom is -0.369 e. The van der Waals surface area contributed by atoms with Gasteiger partial charge in [0.1, 0.15) is 0 Å². The molecule has 7 heteroatoms. The van der Waals surface area contributed by atoms with E-state index in [1.54, 1.807) is 0 Å². The van der Waals surface area contributed by atoms with Gasteiger partial charge in [0.15, 0.2) is 0 Å². The Hall–Kier alpha value is -2.93. The molecule has 1 amide bonds. The molecular formula is C23H30N6O. The van der Waals surface area contributed by atoms with Crippen LogP contribution in [0.1, 0.15) is 26.2 Å². The van der Waals surface area contributed by atoms with E-state index in [2.05, 4.69) is 38.1 Å². The van der Waals surface area contributed by atoms with Crippen LogP contribution in [0, 0.1) is 5.92 Å². The number of hydrogen-bond donors (Lipinski definition) is 1. The molecule has 1 aromatic carbocycles. The smallest absolute Gasteiger partial charge is 0.220 e. The number of nitrogens with two attached hydrogens (primary N) is 1. The summed E-state index contributed by atoms with van der Waals surface area (Å²) in [4.78, 5) is 22.9. The van der Waals surface area contributed by atoms with Crippen molar-refractivity contribution in [2.45, 2.75) is 39.3 Å². The Morgan fingerprint density at radius 2 is 1.87 bits per heavy atom. The predicted molar refractivity (Wildman–Crippen MR) is 118 cm³/mol. The van der Waals surface area contributed by atoms with E-state index in [0.29, 0.717) is 0 Å². The fourth-order valence-corrected chi connectivity index (χ4v) is 4.30. The van der Waals surface area contributed by atoms with E-state index in [1.165, 1.54) is 0 Å². The van der Waals surface area contributed by atoms with Crippen LogP contribution in [0.15, 0.2) is 49.2 Å². The summed E-state index contributed by atoms with van der Waals surface area (Å²) in [6.45, 7) is 6.79. The van der Waals surface area contributed by atoms with Gasteiger partial charge in [0, 0.05) is 24.6 Å². The highest BCUT2D eigenvalue weighted by atomic mass is 16.1. The number of benzene rings is 1. The van der Waals surface area contributed by atoms with Crippen molar-refractivity contribution >= 4 is 5.91 Å². The molecule has 158 valence electrons. The fraction of sp³-hybridized carbons (Fsp3) is 0.435. The summed E-state index contributed by atoms with van der Waals surface area (Å²) in [5.74, 6) is -0.108. The van der Waals surface area contributed by atoms with Crippen LogP contribution in [0.5, 0.6) is 0 Å². The number of rotatable bonds is 8. The molecule has 2 N–H and O–H groups in total. The van der Waals surface area contributed by atoms with Crippen LogP contribution in [0.2, 0.25) is 0 Å². The number of likely N-dealkylation sites (tertiary alicyclic amines) is 1. The Balaban J connectivity index is 1.50. The van der Waals surface area contributed by atoms with E-state index in [9.17, 15) is 4.79 Å². The van der Waals surface area contributed by atoms with Crippen LogP contribution in [0.25, 0.3) is 22.6 Å². The second-order valence-corrected chi connectivity index (χ2v) is 7.94. The summed E-state index contributed by atoms with van der Waals surface area (Å²) < 4.78 is 4.41. The number of nitrogens with zero attached hydrogens (tertiary/aromatic N) is 5. The van der Waals surface area contributed by atoms with E-state index in [-0.39, 0.29) is 11.8 Å². The van der Waals surface area contributed by atoms with Crippen LogP contribution < -0.4 is 5.73 Å². The third-order valence-corrected chi connectivity index (χ3v) is 6.04. The Kier molecular flexibility index (Phi) is 6.28. The highest BCUT2D eigenvalue weighted by Gasteiger charge is 2.23. The molecule has 30 heavy (non-hydrogen) atoms. The Labute approximate surface area is 177 Å². The van der Waals surface area contributed by atoms with Crippen molar-refractivity contribution in [3.05, 3.63) is 49.2 Å². The second kappa shape index (κ2) is 9.26.